The van der Waals surface area contributed by atoms with Gasteiger partial charge in [0, 0.05) is 0 Å². The summed E-state index contributed by atoms with van der Waals surface area (Å²) in [7, 11) is 0. The zero-order valence-electron chi connectivity index (χ0n) is 13.4. The lowest BCUT2D eigenvalue weighted by Gasteiger charge is -2.24. The summed E-state index contributed by atoms with van der Waals surface area (Å²) in [4.78, 5) is 0. The lowest BCUT2D eigenvalue weighted by Crippen LogP contribution is -2.10. The summed E-state index contributed by atoms with van der Waals surface area (Å²) in [6, 6.07) is 0. The van der Waals surface area contributed by atoms with Gasteiger partial charge in [-0.25, -0.2) is 0 Å². The van der Waals surface area contributed by atoms with E-state index in [9.17, 15) is 0 Å². The molecule has 0 aromatic heterocycles. The van der Waals surface area contributed by atoms with E-state index in [4.69, 9.17) is 0 Å². The van der Waals surface area contributed by atoms with Gasteiger partial charge in [-0.1, -0.05) is 122 Å². The quantitative estimate of drug-likeness (QED) is 0.476. The van der Waals surface area contributed by atoms with Crippen LogP contribution >= 0.6 is 0 Å². The molecule has 0 atom stereocenters. The van der Waals surface area contributed by atoms with Crippen LogP contribution in [-0.2, 0) is 0 Å². The second kappa shape index (κ2) is 17.4. The standard InChI is InChI=1S/2C9H18.4CH4/c2*1-3-9-6-4-8(2)5-7-9;;;;/h2*8-9H,3-7H2,1-2H3;4*1H4. The van der Waals surface area contributed by atoms with Gasteiger partial charge in [-0.15, -0.1) is 0 Å². The monoisotopic (exact) mass is 316 g/mol. The molecule has 0 aromatic rings. The molecule has 0 nitrogen and oxygen atoms in total. The average Bonchev–Trinajstić information content (AvgIpc) is 2.41. The molecule has 2 rings (SSSR count). The summed E-state index contributed by atoms with van der Waals surface area (Å²) in [5.74, 6) is 4.18. The molecule has 140 valence electrons. The van der Waals surface area contributed by atoms with Crippen LogP contribution in [0.2, 0.25) is 0 Å². The van der Waals surface area contributed by atoms with Crippen LogP contribution in [0.3, 0.4) is 0 Å². The van der Waals surface area contributed by atoms with Crippen molar-refractivity contribution in [2.24, 2.45) is 23.7 Å². The van der Waals surface area contributed by atoms with Crippen LogP contribution in [0.1, 0.15) is 122 Å². The van der Waals surface area contributed by atoms with E-state index in [2.05, 4.69) is 27.7 Å². The van der Waals surface area contributed by atoms with Gasteiger partial charge in [-0.3, -0.25) is 0 Å². The topological polar surface area (TPSA) is 0 Å². The third-order valence-electron chi connectivity index (χ3n) is 5.43. The first-order valence-electron chi connectivity index (χ1n) is 8.65. The van der Waals surface area contributed by atoms with Crippen LogP contribution in [0.5, 0.6) is 0 Å². The molecule has 0 aliphatic heterocycles. The first-order chi connectivity index (χ1) is 8.65. The third kappa shape index (κ3) is 12.5. The summed E-state index contributed by atoms with van der Waals surface area (Å²) in [5.41, 5.74) is 0. The molecule has 2 aliphatic carbocycles. The second-order valence-electron chi connectivity index (χ2n) is 7.07. The number of hydrogen-bond acceptors (Lipinski definition) is 0. The van der Waals surface area contributed by atoms with Gasteiger partial charge in [-0.05, 0) is 23.7 Å². The fourth-order valence-corrected chi connectivity index (χ4v) is 3.47. The summed E-state index contributed by atoms with van der Waals surface area (Å²) in [6.07, 6.45) is 14.7. The Balaban J connectivity index is -0.000000125. The molecule has 0 unspecified atom stereocenters. The normalized spacial score (nSPS) is 30.0. The Kier molecular flexibility index (Phi) is 23.6. The van der Waals surface area contributed by atoms with Crippen LogP contribution in [0.15, 0.2) is 0 Å². The van der Waals surface area contributed by atoms with Crippen LogP contribution in [-0.4, -0.2) is 0 Å². The molecule has 0 bridgehead atoms. The molecule has 0 radical (unpaired) electrons. The van der Waals surface area contributed by atoms with E-state index in [0.29, 0.717) is 0 Å². The van der Waals surface area contributed by atoms with Gasteiger partial charge in [0.2, 0.25) is 0 Å². The molecule has 0 heterocycles. The smallest absolute Gasteiger partial charge is 0.0417 e. The minimum Gasteiger partial charge on any atom is -0.0776 e. The van der Waals surface area contributed by atoms with Crippen molar-refractivity contribution in [3.05, 3.63) is 0 Å². The Bertz CT molecular complexity index is 158. The van der Waals surface area contributed by atoms with Crippen molar-refractivity contribution in [1.82, 2.24) is 0 Å². The molecule has 0 N–H and O–H groups in total. The van der Waals surface area contributed by atoms with E-state index in [1.165, 1.54) is 64.2 Å². The highest BCUT2D eigenvalue weighted by molar-refractivity contribution is 4.68. The molecule has 22 heavy (non-hydrogen) atoms. The molecule has 2 saturated carbocycles. The van der Waals surface area contributed by atoms with Crippen molar-refractivity contribution in [2.75, 3.05) is 0 Å². The van der Waals surface area contributed by atoms with Gasteiger partial charge in [0.25, 0.3) is 0 Å². The Morgan fingerprint density at radius 1 is 0.500 bits per heavy atom. The Hall–Kier alpha value is 0. The zero-order valence-corrected chi connectivity index (χ0v) is 13.4. The van der Waals surface area contributed by atoms with Crippen LogP contribution in [0.4, 0.5) is 0 Å². The lowest BCUT2D eigenvalue weighted by atomic mass is 9.82. The van der Waals surface area contributed by atoms with Crippen molar-refractivity contribution in [2.45, 2.75) is 122 Å². The summed E-state index contributed by atoms with van der Waals surface area (Å²) in [5, 5.41) is 0. The van der Waals surface area contributed by atoms with Crippen LogP contribution < -0.4 is 0 Å². The predicted molar refractivity (Wildman–Crippen MR) is 110 cm³/mol. The highest BCUT2D eigenvalue weighted by atomic mass is 14.2. The van der Waals surface area contributed by atoms with E-state index in [-0.39, 0.29) is 29.7 Å². The maximum absolute atomic E-state index is 2.38. The van der Waals surface area contributed by atoms with E-state index in [1.807, 2.05) is 0 Å². The van der Waals surface area contributed by atoms with Crippen molar-refractivity contribution in [3.63, 3.8) is 0 Å². The van der Waals surface area contributed by atoms with Gasteiger partial charge in [0.1, 0.15) is 0 Å². The van der Waals surface area contributed by atoms with Gasteiger partial charge in [0.15, 0.2) is 0 Å². The first-order valence-corrected chi connectivity index (χ1v) is 8.65. The zero-order chi connectivity index (χ0) is 13.4. The van der Waals surface area contributed by atoms with E-state index >= 15 is 0 Å². The lowest BCUT2D eigenvalue weighted by molar-refractivity contribution is 0.284. The molecule has 2 aliphatic rings. The fraction of sp³-hybridized carbons (Fsp3) is 1.00. The highest BCUT2D eigenvalue weighted by Crippen LogP contribution is 2.30. The predicted octanol–water partition coefficient (Wildman–Crippen LogP) is 8.99. The van der Waals surface area contributed by atoms with Gasteiger partial charge >= 0.3 is 0 Å². The van der Waals surface area contributed by atoms with Crippen molar-refractivity contribution < 1.29 is 0 Å². The van der Waals surface area contributed by atoms with E-state index in [1.54, 1.807) is 0 Å². The molecule has 0 spiro atoms. The molecular formula is C22H52. The average molecular weight is 317 g/mol. The van der Waals surface area contributed by atoms with Gasteiger partial charge in [-0.2, -0.15) is 0 Å². The van der Waals surface area contributed by atoms with E-state index in [0.717, 1.165) is 23.7 Å². The Morgan fingerprint density at radius 2 is 0.727 bits per heavy atom. The van der Waals surface area contributed by atoms with Crippen molar-refractivity contribution in [1.29, 1.82) is 0 Å². The van der Waals surface area contributed by atoms with Crippen molar-refractivity contribution in [3.8, 4) is 0 Å². The maximum atomic E-state index is 2.38. The third-order valence-corrected chi connectivity index (χ3v) is 5.43. The number of rotatable bonds is 2. The second-order valence-corrected chi connectivity index (χ2v) is 7.07. The van der Waals surface area contributed by atoms with Crippen LogP contribution in [0, 0.1) is 23.7 Å². The maximum Gasteiger partial charge on any atom is -0.0417 e. The minimum atomic E-state index is 0. The Labute approximate surface area is 145 Å². The molecule has 0 saturated heterocycles. The summed E-state index contributed by atoms with van der Waals surface area (Å²) in [6.45, 7) is 9.40. The molecule has 2 fully saturated rings. The fourth-order valence-electron chi connectivity index (χ4n) is 3.47. The molecule has 0 aromatic carbocycles. The van der Waals surface area contributed by atoms with Gasteiger partial charge < -0.3 is 0 Å². The summed E-state index contributed by atoms with van der Waals surface area (Å²) >= 11 is 0. The minimum absolute atomic E-state index is 0. The highest BCUT2D eigenvalue weighted by Gasteiger charge is 2.16. The summed E-state index contributed by atoms with van der Waals surface area (Å²) < 4.78 is 0. The molecule has 0 amide bonds. The molecule has 0 heteroatoms. The SMILES string of the molecule is C.C.C.C.CCC1CCC(C)CC1.CCC1CCC(C)CC1. The number of hydrogen-bond donors (Lipinski definition) is 0. The largest absolute Gasteiger partial charge is 0.0776 e. The van der Waals surface area contributed by atoms with Crippen molar-refractivity contribution >= 4 is 0 Å². The molecular weight excluding hydrogens is 264 g/mol. The van der Waals surface area contributed by atoms with E-state index < -0.39 is 0 Å². The first kappa shape index (κ1) is 29.9. The van der Waals surface area contributed by atoms with Crippen LogP contribution in [0.25, 0.3) is 0 Å². The Morgan fingerprint density at radius 3 is 0.909 bits per heavy atom. The van der Waals surface area contributed by atoms with Gasteiger partial charge in [0.05, 0.1) is 0 Å².